The van der Waals surface area contributed by atoms with Crippen molar-refractivity contribution in [3.63, 3.8) is 0 Å². The number of aliphatic carboxylic acids is 1. The lowest BCUT2D eigenvalue weighted by atomic mass is 9.72. The maximum absolute atomic E-state index is 11.2. The van der Waals surface area contributed by atoms with Gasteiger partial charge in [-0.3, -0.25) is 4.79 Å². The first-order chi connectivity index (χ1) is 9.38. The highest BCUT2D eigenvalue weighted by Gasteiger charge is 2.37. The normalized spacial score (nSPS) is 15.2. The average Bonchev–Trinajstić information content (AvgIpc) is 2.44. The van der Waals surface area contributed by atoms with E-state index < -0.39 is 11.4 Å². The van der Waals surface area contributed by atoms with Crippen molar-refractivity contribution in [1.82, 2.24) is 0 Å². The van der Waals surface area contributed by atoms with E-state index in [1.54, 1.807) is 32.4 Å². The van der Waals surface area contributed by atoms with Crippen LogP contribution in [0.1, 0.15) is 32.3 Å². The molecule has 5 heteroatoms. The Balaban J connectivity index is 3.42. The van der Waals surface area contributed by atoms with Gasteiger partial charge >= 0.3 is 5.97 Å². The van der Waals surface area contributed by atoms with Crippen LogP contribution in [0.2, 0.25) is 0 Å². The van der Waals surface area contributed by atoms with Gasteiger partial charge in [-0.2, -0.15) is 0 Å². The second-order valence-electron chi connectivity index (χ2n) is 5.07. The molecule has 0 fully saturated rings. The Morgan fingerprint density at radius 2 is 2.05 bits per heavy atom. The molecule has 0 heterocycles. The Kier molecular flexibility index (Phi) is 5.39. The second-order valence-corrected chi connectivity index (χ2v) is 5.07. The van der Waals surface area contributed by atoms with Crippen LogP contribution in [0.5, 0.6) is 11.5 Å². The van der Waals surface area contributed by atoms with Crippen LogP contribution in [0.15, 0.2) is 18.2 Å². The molecule has 112 valence electrons. The first-order valence-corrected chi connectivity index (χ1v) is 6.58. The zero-order valence-corrected chi connectivity index (χ0v) is 12.5. The van der Waals surface area contributed by atoms with E-state index in [2.05, 4.69) is 0 Å². The highest BCUT2D eigenvalue weighted by Crippen LogP contribution is 2.39. The summed E-state index contributed by atoms with van der Waals surface area (Å²) in [5.74, 6) is 0.389. The van der Waals surface area contributed by atoms with Gasteiger partial charge in [0.2, 0.25) is 0 Å². The Morgan fingerprint density at radius 1 is 1.40 bits per heavy atom. The molecule has 0 aromatic heterocycles. The van der Waals surface area contributed by atoms with E-state index in [9.17, 15) is 9.90 Å². The number of hydrogen-bond donors (Lipinski definition) is 2. The first-order valence-electron chi connectivity index (χ1n) is 6.58. The maximum atomic E-state index is 11.2. The summed E-state index contributed by atoms with van der Waals surface area (Å²) in [4.78, 5) is 11.2. The Bertz CT molecular complexity index is 475. The molecule has 2 atom stereocenters. The van der Waals surface area contributed by atoms with Gasteiger partial charge in [0, 0.05) is 17.0 Å². The van der Waals surface area contributed by atoms with Gasteiger partial charge in [0.05, 0.1) is 20.6 Å². The highest BCUT2D eigenvalue weighted by molar-refractivity contribution is 5.70. The van der Waals surface area contributed by atoms with Crippen molar-refractivity contribution in [2.24, 2.45) is 5.73 Å². The van der Waals surface area contributed by atoms with Crippen LogP contribution in [0.4, 0.5) is 0 Å². The minimum atomic E-state index is -0.888. The van der Waals surface area contributed by atoms with Crippen LogP contribution in [0.3, 0.4) is 0 Å². The molecular formula is C15H23NO4. The summed E-state index contributed by atoms with van der Waals surface area (Å²) < 4.78 is 10.6. The molecule has 0 spiro atoms. The monoisotopic (exact) mass is 281 g/mol. The molecule has 1 rings (SSSR count). The number of hydrogen-bond acceptors (Lipinski definition) is 4. The van der Waals surface area contributed by atoms with Gasteiger partial charge < -0.3 is 20.3 Å². The molecule has 0 aliphatic rings. The zero-order chi connectivity index (χ0) is 15.3. The first kappa shape index (κ1) is 16.3. The summed E-state index contributed by atoms with van der Waals surface area (Å²) in [7, 11) is 3.13. The number of carbonyl (C=O) groups is 1. The Morgan fingerprint density at radius 3 is 2.50 bits per heavy atom. The van der Waals surface area contributed by atoms with Gasteiger partial charge in [-0.25, -0.2) is 0 Å². The van der Waals surface area contributed by atoms with Gasteiger partial charge in [-0.1, -0.05) is 13.8 Å². The predicted octanol–water partition coefficient (Wildman–Crippen LogP) is 2.17. The lowest BCUT2D eigenvalue weighted by Crippen LogP contribution is -2.44. The molecule has 1 aromatic rings. The SMILES string of the molecule is CCC(N)C(C)(CC(=O)O)c1cc(OC)ccc1OC. The van der Waals surface area contributed by atoms with Crippen molar-refractivity contribution in [3.8, 4) is 11.5 Å². The Labute approximate surface area is 119 Å². The highest BCUT2D eigenvalue weighted by atomic mass is 16.5. The molecule has 0 saturated carbocycles. The van der Waals surface area contributed by atoms with Crippen molar-refractivity contribution in [2.45, 2.75) is 38.1 Å². The van der Waals surface area contributed by atoms with E-state index in [1.807, 2.05) is 13.8 Å². The van der Waals surface area contributed by atoms with Crippen LogP contribution in [-0.4, -0.2) is 31.3 Å². The van der Waals surface area contributed by atoms with Crippen molar-refractivity contribution >= 4 is 5.97 Å². The van der Waals surface area contributed by atoms with Gasteiger partial charge in [0.15, 0.2) is 0 Å². The van der Waals surface area contributed by atoms with Crippen LogP contribution in [-0.2, 0) is 10.2 Å². The smallest absolute Gasteiger partial charge is 0.304 e. The summed E-state index contributed by atoms with van der Waals surface area (Å²) in [5, 5.41) is 9.22. The van der Waals surface area contributed by atoms with Crippen molar-refractivity contribution in [3.05, 3.63) is 23.8 Å². The van der Waals surface area contributed by atoms with Crippen LogP contribution < -0.4 is 15.2 Å². The molecule has 0 aliphatic heterocycles. The van der Waals surface area contributed by atoms with Gasteiger partial charge in [0.1, 0.15) is 11.5 Å². The number of nitrogens with two attached hydrogens (primary N) is 1. The number of carboxylic acids is 1. The zero-order valence-electron chi connectivity index (χ0n) is 12.5. The molecular weight excluding hydrogens is 258 g/mol. The molecule has 1 aromatic carbocycles. The van der Waals surface area contributed by atoms with Gasteiger partial charge in [0.25, 0.3) is 0 Å². The number of rotatable bonds is 7. The van der Waals surface area contributed by atoms with Crippen LogP contribution in [0.25, 0.3) is 0 Å². The fourth-order valence-corrected chi connectivity index (χ4v) is 2.45. The summed E-state index contributed by atoms with van der Waals surface area (Å²) in [5.41, 5.74) is 6.23. The van der Waals surface area contributed by atoms with E-state index in [1.165, 1.54) is 0 Å². The molecule has 0 radical (unpaired) electrons. The van der Waals surface area contributed by atoms with Crippen molar-refractivity contribution in [2.75, 3.05) is 14.2 Å². The number of methoxy groups -OCH3 is 2. The third-order valence-electron chi connectivity index (χ3n) is 3.80. The Hall–Kier alpha value is -1.75. The maximum Gasteiger partial charge on any atom is 0.304 e. The van der Waals surface area contributed by atoms with Gasteiger partial charge in [-0.15, -0.1) is 0 Å². The van der Waals surface area contributed by atoms with Crippen LogP contribution >= 0.6 is 0 Å². The summed E-state index contributed by atoms with van der Waals surface area (Å²) in [6.45, 7) is 3.80. The molecule has 2 unspecified atom stereocenters. The van der Waals surface area contributed by atoms with E-state index in [0.29, 0.717) is 17.9 Å². The largest absolute Gasteiger partial charge is 0.497 e. The van der Waals surface area contributed by atoms with Gasteiger partial charge in [-0.05, 0) is 24.6 Å². The number of carboxylic acid groups (broad SMARTS) is 1. The van der Waals surface area contributed by atoms with E-state index >= 15 is 0 Å². The minimum Gasteiger partial charge on any atom is -0.497 e. The third kappa shape index (κ3) is 3.22. The average molecular weight is 281 g/mol. The predicted molar refractivity (Wildman–Crippen MR) is 77.4 cm³/mol. The minimum absolute atomic E-state index is 0.0640. The summed E-state index contributed by atoms with van der Waals surface area (Å²) in [6.07, 6.45) is 0.607. The third-order valence-corrected chi connectivity index (χ3v) is 3.80. The van der Waals surface area contributed by atoms with E-state index in [-0.39, 0.29) is 12.5 Å². The lowest BCUT2D eigenvalue weighted by Gasteiger charge is -2.35. The molecule has 0 aliphatic carbocycles. The quantitative estimate of drug-likeness (QED) is 0.800. The molecule has 3 N–H and O–H groups in total. The molecule has 0 amide bonds. The lowest BCUT2D eigenvalue weighted by molar-refractivity contribution is -0.138. The fraction of sp³-hybridized carbons (Fsp3) is 0.533. The molecule has 0 saturated heterocycles. The van der Waals surface area contributed by atoms with Crippen molar-refractivity contribution in [1.29, 1.82) is 0 Å². The van der Waals surface area contributed by atoms with Crippen molar-refractivity contribution < 1.29 is 19.4 Å². The summed E-state index contributed by atoms with van der Waals surface area (Å²) >= 11 is 0. The summed E-state index contributed by atoms with van der Waals surface area (Å²) in [6, 6.07) is 5.06. The van der Waals surface area contributed by atoms with E-state index in [0.717, 1.165) is 5.56 Å². The standard InChI is InChI=1S/C15H23NO4/c1-5-13(16)15(2,9-14(17)18)11-8-10(19-3)6-7-12(11)20-4/h6-8,13H,5,9,16H2,1-4H3,(H,17,18). The molecule has 20 heavy (non-hydrogen) atoms. The topological polar surface area (TPSA) is 81.8 Å². The second kappa shape index (κ2) is 6.61. The molecule has 5 nitrogen and oxygen atoms in total. The number of ether oxygens (including phenoxy) is 2. The molecule has 0 bridgehead atoms. The van der Waals surface area contributed by atoms with Crippen LogP contribution in [0, 0.1) is 0 Å². The number of benzene rings is 1. The fourth-order valence-electron chi connectivity index (χ4n) is 2.45. The van der Waals surface area contributed by atoms with E-state index in [4.69, 9.17) is 15.2 Å².